The van der Waals surface area contributed by atoms with Crippen molar-refractivity contribution in [3.05, 3.63) is 57.5 Å². The Morgan fingerprint density at radius 1 is 1.38 bits per heavy atom. The molecule has 0 radical (unpaired) electrons. The third-order valence-corrected chi connectivity index (χ3v) is 3.32. The molecule has 2 aromatic rings. The van der Waals surface area contributed by atoms with E-state index in [9.17, 15) is 9.50 Å². The fraction of sp³-hybridized carbons (Fsp3) is 0.231. The molecule has 0 spiro atoms. The average molecular weight is 236 g/mol. The van der Waals surface area contributed by atoms with E-state index in [0.29, 0.717) is 17.5 Å². The minimum atomic E-state index is -0.635. The molecule has 3 heteroatoms. The predicted octanol–water partition coefficient (Wildman–Crippen LogP) is 3.47. The van der Waals surface area contributed by atoms with Crippen molar-refractivity contribution in [3.63, 3.8) is 0 Å². The summed E-state index contributed by atoms with van der Waals surface area (Å²) < 4.78 is 13.3. The maximum atomic E-state index is 13.3. The zero-order chi connectivity index (χ0) is 11.5. The highest BCUT2D eigenvalue weighted by Crippen LogP contribution is 2.21. The van der Waals surface area contributed by atoms with Crippen LogP contribution in [0.1, 0.15) is 22.8 Å². The van der Waals surface area contributed by atoms with Gasteiger partial charge in [-0.2, -0.15) is 11.3 Å². The van der Waals surface area contributed by atoms with Crippen LogP contribution in [-0.4, -0.2) is 5.11 Å². The third kappa shape index (κ3) is 2.49. The zero-order valence-electron chi connectivity index (χ0n) is 8.98. The van der Waals surface area contributed by atoms with E-state index in [1.807, 2.05) is 16.8 Å². The van der Waals surface area contributed by atoms with Crippen molar-refractivity contribution in [2.75, 3.05) is 0 Å². The number of halogens is 1. The topological polar surface area (TPSA) is 20.2 Å². The molecule has 0 saturated heterocycles. The molecule has 0 saturated carbocycles. The lowest BCUT2D eigenvalue weighted by atomic mass is 10.0. The summed E-state index contributed by atoms with van der Waals surface area (Å²) in [5.74, 6) is -0.262. The van der Waals surface area contributed by atoms with Crippen molar-refractivity contribution in [2.45, 2.75) is 19.4 Å². The number of aliphatic hydroxyl groups is 1. The molecule has 0 aliphatic carbocycles. The van der Waals surface area contributed by atoms with Crippen LogP contribution in [0, 0.1) is 12.7 Å². The molecule has 1 unspecified atom stereocenters. The second-order valence-corrected chi connectivity index (χ2v) is 4.64. The molecule has 16 heavy (non-hydrogen) atoms. The van der Waals surface area contributed by atoms with Crippen LogP contribution >= 0.6 is 11.3 Å². The van der Waals surface area contributed by atoms with Gasteiger partial charge >= 0.3 is 0 Å². The molecule has 0 fully saturated rings. The minimum absolute atomic E-state index is 0.262. The van der Waals surface area contributed by atoms with Crippen LogP contribution in [0.15, 0.2) is 35.0 Å². The molecule has 1 heterocycles. The molecule has 84 valence electrons. The van der Waals surface area contributed by atoms with Crippen LogP contribution in [0.4, 0.5) is 4.39 Å². The van der Waals surface area contributed by atoms with Gasteiger partial charge in [0, 0.05) is 6.42 Å². The maximum absolute atomic E-state index is 13.3. The summed E-state index contributed by atoms with van der Waals surface area (Å²) in [6, 6.07) is 6.85. The standard InChI is InChI=1S/C13H13FOS/c1-9-2-3-11(7-12(9)14)13(15)6-10-4-5-16-8-10/h2-5,7-8,13,15H,6H2,1H3. The van der Waals surface area contributed by atoms with Gasteiger partial charge in [0.25, 0.3) is 0 Å². The average Bonchev–Trinajstić information content (AvgIpc) is 2.74. The number of benzene rings is 1. The number of hydrogen-bond donors (Lipinski definition) is 1. The third-order valence-electron chi connectivity index (χ3n) is 2.59. The van der Waals surface area contributed by atoms with Crippen molar-refractivity contribution < 1.29 is 9.50 Å². The van der Waals surface area contributed by atoms with Gasteiger partial charge in [0.2, 0.25) is 0 Å². The second-order valence-electron chi connectivity index (χ2n) is 3.86. The number of aryl methyl sites for hydroxylation is 1. The fourth-order valence-electron chi connectivity index (χ4n) is 1.57. The number of aliphatic hydroxyl groups excluding tert-OH is 1. The van der Waals surface area contributed by atoms with Gasteiger partial charge in [0.15, 0.2) is 0 Å². The first-order chi connectivity index (χ1) is 7.66. The Hall–Kier alpha value is -1.19. The van der Waals surface area contributed by atoms with Gasteiger partial charge in [-0.15, -0.1) is 0 Å². The van der Waals surface area contributed by atoms with Gasteiger partial charge in [-0.3, -0.25) is 0 Å². The molecule has 0 aliphatic heterocycles. The Morgan fingerprint density at radius 3 is 2.81 bits per heavy atom. The molecule has 1 atom stereocenters. The highest BCUT2D eigenvalue weighted by atomic mass is 32.1. The Labute approximate surface area is 98.2 Å². The van der Waals surface area contributed by atoms with E-state index >= 15 is 0 Å². The second kappa shape index (κ2) is 4.76. The van der Waals surface area contributed by atoms with Crippen molar-refractivity contribution in [3.8, 4) is 0 Å². The summed E-state index contributed by atoms with van der Waals surface area (Å²) in [4.78, 5) is 0. The Kier molecular flexibility index (Phi) is 3.36. The number of rotatable bonds is 3. The van der Waals surface area contributed by atoms with Crippen molar-refractivity contribution in [2.24, 2.45) is 0 Å². The summed E-state index contributed by atoms with van der Waals surface area (Å²) in [7, 11) is 0. The minimum Gasteiger partial charge on any atom is -0.388 e. The number of hydrogen-bond acceptors (Lipinski definition) is 2. The first-order valence-corrected chi connectivity index (χ1v) is 6.06. The smallest absolute Gasteiger partial charge is 0.126 e. The highest BCUT2D eigenvalue weighted by Gasteiger charge is 2.10. The first kappa shape index (κ1) is 11.3. The lowest BCUT2D eigenvalue weighted by Crippen LogP contribution is -2.01. The molecule has 1 nitrogen and oxygen atoms in total. The van der Waals surface area contributed by atoms with Crippen LogP contribution < -0.4 is 0 Å². The first-order valence-electron chi connectivity index (χ1n) is 5.12. The Bertz CT molecular complexity index is 465. The van der Waals surface area contributed by atoms with Gasteiger partial charge < -0.3 is 5.11 Å². The molecular formula is C13H13FOS. The summed E-state index contributed by atoms with van der Waals surface area (Å²) in [6.07, 6.45) is -0.101. The van der Waals surface area contributed by atoms with Gasteiger partial charge in [-0.05, 0) is 46.5 Å². The largest absolute Gasteiger partial charge is 0.388 e. The van der Waals surface area contributed by atoms with Crippen LogP contribution in [0.2, 0.25) is 0 Å². The SMILES string of the molecule is Cc1ccc(C(O)Cc2ccsc2)cc1F. The van der Waals surface area contributed by atoms with Crippen LogP contribution in [0.5, 0.6) is 0 Å². The van der Waals surface area contributed by atoms with Crippen molar-refractivity contribution >= 4 is 11.3 Å². The van der Waals surface area contributed by atoms with Crippen molar-refractivity contribution in [1.82, 2.24) is 0 Å². The molecule has 0 amide bonds. The fourth-order valence-corrected chi connectivity index (χ4v) is 2.25. The van der Waals surface area contributed by atoms with E-state index < -0.39 is 6.10 Å². The van der Waals surface area contributed by atoms with Crippen LogP contribution in [0.25, 0.3) is 0 Å². The van der Waals surface area contributed by atoms with E-state index in [-0.39, 0.29) is 5.82 Å². The molecule has 1 N–H and O–H groups in total. The predicted molar refractivity (Wildman–Crippen MR) is 64.1 cm³/mol. The summed E-state index contributed by atoms with van der Waals surface area (Å²) in [6.45, 7) is 1.71. The van der Waals surface area contributed by atoms with Crippen LogP contribution in [0.3, 0.4) is 0 Å². The Morgan fingerprint density at radius 2 is 2.19 bits per heavy atom. The summed E-state index contributed by atoms with van der Waals surface area (Å²) in [5.41, 5.74) is 2.32. The van der Waals surface area contributed by atoms with Gasteiger partial charge in [-0.1, -0.05) is 12.1 Å². The van der Waals surface area contributed by atoms with Gasteiger partial charge in [0.05, 0.1) is 6.10 Å². The maximum Gasteiger partial charge on any atom is 0.126 e. The molecule has 0 bridgehead atoms. The Balaban J connectivity index is 2.14. The summed E-state index contributed by atoms with van der Waals surface area (Å²) in [5, 5.41) is 13.9. The van der Waals surface area contributed by atoms with E-state index in [0.717, 1.165) is 5.56 Å². The zero-order valence-corrected chi connectivity index (χ0v) is 9.80. The number of thiophene rings is 1. The van der Waals surface area contributed by atoms with E-state index in [2.05, 4.69) is 0 Å². The lowest BCUT2D eigenvalue weighted by molar-refractivity contribution is 0.178. The molecule has 0 aliphatic rings. The normalized spacial score (nSPS) is 12.7. The van der Waals surface area contributed by atoms with Crippen molar-refractivity contribution in [1.29, 1.82) is 0 Å². The highest BCUT2D eigenvalue weighted by molar-refractivity contribution is 7.07. The van der Waals surface area contributed by atoms with Gasteiger partial charge in [0.1, 0.15) is 5.82 Å². The molecule has 1 aromatic heterocycles. The monoisotopic (exact) mass is 236 g/mol. The quantitative estimate of drug-likeness (QED) is 0.865. The van der Waals surface area contributed by atoms with E-state index in [1.54, 1.807) is 30.4 Å². The molecule has 1 aromatic carbocycles. The molecular weight excluding hydrogens is 223 g/mol. The lowest BCUT2D eigenvalue weighted by Gasteiger charge is -2.10. The van der Waals surface area contributed by atoms with Crippen LogP contribution in [-0.2, 0) is 6.42 Å². The van der Waals surface area contributed by atoms with E-state index in [4.69, 9.17) is 0 Å². The van der Waals surface area contributed by atoms with E-state index in [1.165, 1.54) is 6.07 Å². The molecule has 2 rings (SSSR count). The summed E-state index contributed by atoms with van der Waals surface area (Å²) >= 11 is 1.60. The van der Waals surface area contributed by atoms with Gasteiger partial charge in [-0.25, -0.2) is 4.39 Å².